The van der Waals surface area contributed by atoms with Crippen LogP contribution in [-0.2, 0) is 7.05 Å². The summed E-state index contributed by atoms with van der Waals surface area (Å²) in [7, 11) is 1.87. The lowest BCUT2D eigenvalue weighted by molar-refractivity contribution is 0.0940. The first-order valence-corrected chi connectivity index (χ1v) is 7.32. The summed E-state index contributed by atoms with van der Waals surface area (Å²) in [6.07, 6.45) is 1.77. The quantitative estimate of drug-likeness (QED) is 0.913. The monoisotopic (exact) mass is 355 g/mol. The molecule has 1 amide bonds. The number of hydrogen-bond donors (Lipinski definition) is 1. The summed E-state index contributed by atoms with van der Waals surface area (Å²) in [4.78, 5) is 12.3. The van der Waals surface area contributed by atoms with Crippen molar-refractivity contribution in [2.45, 2.75) is 19.9 Å². The molecule has 1 atom stereocenters. The van der Waals surface area contributed by atoms with Crippen LogP contribution < -0.4 is 5.32 Å². The van der Waals surface area contributed by atoms with E-state index in [2.05, 4.69) is 26.3 Å². The van der Waals surface area contributed by atoms with E-state index in [1.54, 1.807) is 29.1 Å². The molecular formula is C14H15BrClN3O. The van der Waals surface area contributed by atoms with Gasteiger partial charge < -0.3 is 5.32 Å². The van der Waals surface area contributed by atoms with Crippen molar-refractivity contribution in [3.05, 3.63) is 50.7 Å². The van der Waals surface area contributed by atoms with Crippen molar-refractivity contribution in [2.75, 3.05) is 0 Å². The average Bonchev–Trinajstić information content (AvgIpc) is 2.73. The SMILES string of the molecule is Cc1c(C(C)NC(=O)c2cccc(Br)c2Cl)cnn1C. The molecule has 1 unspecified atom stereocenters. The van der Waals surface area contributed by atoms with Crippen LogP contribution in [0.2, 0.25) is 5.02 Å². The minimum Gasteiger partial charge on any atom is -0.345 e. The molecule has 0 radical (unpaired) electrons. The Morgan fingerprint density at radius 1 is 1.50 bits per heavy atom. The highest BCUT2D eigenvalue weighted by atomic mass is 79.9. The van der Waals surface area contributed by atoms with Crippen LogP contribution in [-0.4, -0.2) is 15.7 Å². The molecule has 0 aliphatic carbocycles. The van der Waals surface area contributed by atoms with Gasteiger partial charge in [-0.3, -0.25) is 9.48 Å². The Kier molecular flexibility index (Phi) is 4.50. The average molecular weight is 357 g/mol. The molecule has 1 aromatic carbocycles. The van der Waals surface area contributed by atoms with Gasteiger partial charge in [0.1, 0.15) is 0 Å². The number of aromatic nitrogens is 2. The number of rotatable bonds is 3. The van der Waals surface area contributed by atoms with Gasteiger partial charge in [0, 0.05) is 22.8 Å². The molecule has 0 aliphatic heterocycles. The maximum absolute atomic E-state index is 12.3. The van der Waals surface area contributed by atoms with Crippen molar-refractivity contribution >= 4 is 33.4 Å². The first-order valence-electron chi connectivity index (χ1n) is 6.15. The summed E-state index contributed by atoms with van der Waals surface area (Å²) in [6.45, 7) is 3.89. The molecule has 0 saturated heterocycles. The third-order valence-electron chi connectivity index (χ3n) is 3.28. The van der Waals surface area contributed by atoms with Crippen LogP contribution >= 0.6 is 27.5 Å². The fourth-order valence-corrected chi connectivity index (χ4v) is 2.55. The van der Waals surface area contributed by atoms with Gasteiger partial charge >= 0.3 is 0 Å². The van der Waals surface area contributed by atoms with Crippen LogP contribution in [0.3, 0.4) is 0 Å². The Labute approximate surface area is 131 Å². The molecule has 0 saturated carbocycles. The van der Waals surface area contributed by atoms with E-state index in [9.17, 15) is 4.79 Å². The molecular weight excluding hydrogens is 342 g/mol. The number of carbonyl (C=O) groups excluding carboxylic acids is 1. The van der Waals surface area contributed by atoms with Crippen LogP contribution in [0.4, 0.5) is 0 Å². The van der Waals surface area contributed by atoms with Crippen molar-refractivity contribution in [3.63, 3.8) is 0 Å². The minimum atomic E-state index is -0.202. The zero-order chi connectivity index (χ0) is 14.9. The van der Waals surface area contributed by atoms with Crippen molar-refractivity contribution in [2.24, 2.45) is 7.05 Å². The summed E-state index contributed by atoms with van der Waals surface area (Å²) in [5.74, 6) is -0.202. The van der Waals surface area contributed by atoms with Crippen molar-refractivity contribution in [1.82, 2.24) is 15.1 Å². The number of hydrogen-bond acceptors (Lipinski definition) is 2. The minimum absolute atomic E-state index is 0.133. The second-order valence-electron chi connectivity index (χ2n) is 4.61. The largest absolute Gasteiger partial charge is 0.345 e. The van der Waals surface area contributed by atoms with Gasteiger partial charge in [-0.25, -0.2) is 0 Å². The predicted molar refractivity (Wildman–Crippen MR) is 83.0 cm³/mol. The molecule has 0 spiro atoms. The molecule has 1 N–H and O–H groups in total. The smallest absolute Gasteiger partial charge is 0.253 e. The zero-order valence-electron chi connectivity index (χ0n) is 11.4. The maximum Gasteiger partial charge on any atom is 0.253 e. The Morgan fingerprint density at radius 2 is 2.20 bits per heavy atom. The third-order valence-corrected chi connectivity index (χ3v) is 4.58. The Balaban J connectivity index is 2.19. The number of benzene rings is 1. The van der Waals surface area contributed by atoms with Gasteiger partial charge in [0.15, 0.2) is 0 Å². The van der Waals surface area contributed by atoms with E-state index in [4.69, 9.17) is 11.6 Å². The summed E-state index contributed by atoms with van der Waals surface area (Å²) in [5.41, 5.74) is 2.47. The van der Waals surface area contributed by atoms with E-state index in [0.717, 1.165) is 11.3 Å². The normalized spacial score (nSPS) is 12.2. The predicted octanol–water partition coefficient (Wildman–Crippen LogP) is 3.64. The lowest BCUT2D eigenvalue weighted by atomic mass is 10.1. The van der Waals surface area contributed by atoms with E-state index in [-0.39, 0.29) is 11.9 Å². The summed E-state index contributed by atoms with van der Waals surface area (Å²) < 4.78 is 2.49. The van der Waals surface area contributed by atoms with Crippen molar-refractivity contribution in [1.29, 1.82) is 0 Å². The second kappa shape index (κ2) is 5.97. The van der Waals surface area contributed by atoms with Gasteiger partial charge in [0.05, 0.1) is 22.8 Å². The van der Waals surface area contributed by atoms with Gasteiger partial charge in [0.2, 0.25) is 0 Å². The van der Waals surface area contributed by atoms with E-state index in [1.165, 1.54) is 0 Å². The standard InChI is InChI=1S/C14H15BrClN3O/c1-8(11-7-17-19(3)9(11)2)18-14(20)10-5-4-6-12(15)13(10)16/h4-8H,1-3H3,(H,18,20). The number of halogens is 2. The summed E-state index contributed by atoms with van der Waals surface area (Å²) >= 11 is 9.44. The van der Waals surface area contributed by atoms with E-state index < -0.39 is 0 Å². The second-order valence-corrected chi connectivity index (χ2v) is 5.84. The molecule has 4 nitrogen and oxygen atoms in total. The highest BCUT2D eigenvalue weighted by molar-refractivity contribution is 9.10. The highest BCUT2D eigenvalue weighted by Crippen LogP contribution is 2.26. The fraction of sp³-hybridized carbons (Fsp3) is 0.286. The molecule has 0 fully saturated rings. The van der Waals surface area contributed by atoms with Crippen LogP contribution in [0.25, 0.3) is 0 Å². The molecule has 0 aliphatic rings. The van der Waals surface area contributed by atoms with Crippen LogP contribution in [0, 0.1) is 6.92 Å². The van der Waals surface area contributed by atoms with E-state index in [0.29, 0.717) is 15.1 Å². The Bertz CT molecular complexity index is 654. The van der Waals surface area contributed by atoms with Crippen molar-refractivity contribution < 1.29 is 4.79 Å². The van der Waals surface area contributed by atoms with Crippen LogP contribution in [0.1, 0.15) is 34.6 Å². The topological polar surface area (TPSA) is 46.9 Å². The zero-order valence-corrected chi connectivity index (χ0v) is 13.8. The number of aryl methyl sites for hydroxylation is 1. The molecule has 1 aromatic heterocycles. The fourth-order valence-electron chi connectivity index (χ4n) is 1.97. The Morgan fingerprint density at radius 3 is 2.80 bits per heavy atom. The van der Waals surface area contributed by atoms with Crippen molar-refractivity contribution in [3.8, 4) is 0 Å². The third kappa shape index (κ3) is 2.88. The van der Waals surface area contributed by atoms with Gasteiger partial charge in [0.25, 0.3) is 5.91 Å². The lowest BCUT2D eigenvalue weighted by Crippen LogP contribution is -2.27. The van der Waals surface area contributed by atoms with Gasteiger partial charge in [-0.2, -0.15) is 5.10 Å². The number of amides is 1. The van der Waals surface area contributed by atoms with E-state index in [1.807, 2.05) is 20.9 Å². The summed E-state index contributed by atoms with van der Waals surface area (Å²) in [6, 6.07) is 5.15. The Hall–Kier alpha value is -1.33. The van der Waals surface area contributed by atoms with Gasteiger partial charge in [-0.1, -0.05) is 17.7 Å². The first-order chi connectivity index (χ1) is 9.41. The molecule has 106 valence electrons. The number of carbonyl (C=O) groups is 1. The number of nitrogens with one attached hydrogen (secondary N) is 1. The molecule has 20 heavy (non-hydrogen) atoms. The first kappa shape index (κ1) is 15.1. The number of nitrogens with zero attached hydrogens (tertiary/aromatic N) is 2. The van der Waals surface area contributed by atoms with E-state index >= 15 is 0 Å². The molecule has 2 aromatic rings. The van der Waals surface area contributed by atoms with Crippen LogP contribution in [0.5, 0.6) is 0 Å². The molecule has 6 heteroatoms. The van der Waals surface area contributed by atoms with Gasteiger partial charge in [-0.05, 0) is 41.9 Å². The molecule has 0 bridgehead atoms. The molecule has 1 heterocycles. The highest BCUT2D eigenvalue weighted by Gasteiger charge is 2.18. The summed E-state index contributed by atoms with van der Waals surface area (Å²) in [5, 5.41) is 7.53. The van der Waals surface area contributed by atoms with Crippen LogP contribution in [0.15, 0.2) is 28.9 Å². The molecule has 2 rings (SSSR count). The maximum atomic E-state index is 12.3. The lowest BCUT2D eigenvalue weighted by Gasteiger charge is -2.14. The van der Waals surface area contributed by atoms with Gasteiger partial charge in [-0.15, -0.1) is 0 Å².